The van der Waals surface area contributed by atoms with Crippen LogP contribution in [0.25, 0.3) is 10.8 Å². The Hall–Kier alpha value is -2.55. The lowest BCUT2D eigenvalue weighted by molar-refractivity contribution is 0.0994. The minimum Gasteiger partial charge on any atom is -0.294 e. The van der Waals surface area contributed by atoms with Crippen molar-refractivity contribution in [2.75, 3.05) is 0 Å². The Morgan fingerprint density at radius 1 is 0.947 bits per heavy atom. The summed E-state index contributed by atoms with van der Waals surface area (Å²) in [6.45, 7) is 0. The van der Waals surface area contributed by atoms with E-state index in [2.05, 4.69) is 9.97 Å². The van der Waals surface area contributed by atoms with Crippen molar-refractivity contribution in [3.63, 3.8) is 0 Å². The Morgan fingerprint density at radius 3 is 2.68 bits per heavy atom. The minimum atomic E-state index is 0.102. The molecule has 0 aliphatic rings. The Morgan fingerprint density at radius 2 is 1.84 bits per heavy atom. The van der Waals surface area contributed by atoms with Crippen molar-refractivity contribution in [3.8, 4) is 0 Å². The molecular formula is C16H12N2O. The molecule has 0 amide bonds. The van der Waals surface area contributed by atoms with Gasteiger partial charge in [0.05, 0.1) is 0 Å². The van der Waals surface area contributed by atoms with E-state index >= 15 is 0 Å². The summed E-state index contributed by atoms with van der Waals surface area (Å²) in [4.78, 5) is 20.5. The number of pyridine rings is 2. The number of carbonyl (C=O) groups is 1. The van der Waals surface area contributed by atoms with E-state index in [-0.39, 0.29) is 5.78 Å². The molecule has 3 aromatic rings. The van der Waals surface area contributed by atoms with Crippen LogP contribution in [-0.4, -0.2) is 15.8 Å². The number of rotatable bonds is 3. The van der Waals surface area contributed by atoms with E-state index in [0.717, 1.165) is 21.9 Å². The second-order valence-electron chi connectivity index (χ2n) is 4.36. The number of carbonyl (C=O) groups excluding carboxylic acids is 1. The van der Waals surface area contributed by atoms with Gasteiger partial charge in [-0.1, -0.05) is 24.3 Å². The zero-order chi connectivity index (χ0) is 13.1. The Kier molecular flexibility index (Phi) is 3.02. The van der Waals surface area contributed by atoms with Crippen LogP contribution in [0.5, 0.6) is 0 Å². The van der Waals surface area contributed by atoms with Gasteiger partial charge in [0.2, 0.25) is 0 Å². The molecule has 0 aliphatic carbocycles. The van der Waals surface area contributed by atoms with E-state index < -0.39 is 0 Å². The number of hydrogen-bond donors (Lipinski definition) is 0. The molecule has 0 aliphatic heterocycles. The number of aromatic nitrogens is 2. The van der Waals surface area contributed by atoms with E-state index in [1.807, 2.05) is 36.4 Å². The monoisotopic (exact) mass is 248 g/mol. The van der Waals surface area contributed by atoms with Gasteiger partial charge in [-0.2, -0.15) is 0 Å². The molecule has 2 aromatic heterocycles. The van der Waals surface area contributed by atoms with Crippen LogP contribution in [0.3, 0.4) is 0 Å². The van der Waals surface area contributed by atoms with E-state index in [9.17, 15) is 4.79 Å². The topological polar surface area (TPSA) is 42.9 Å². The molecule has 0 spiro atoms. The Balaban J connectivity index is 1.98. The summed E-state index contributed by atoms with van der Waals surface area (Å²) in [5.74, 6) is 0.102. The fourth-order valence-corrected chi connectivity index (χ4v) is 2.15. The van der Waals surface area contributed by atoms with Gasteiger partial charge >= 0.3 is 0 Å². The van der Waals surface area contributed by atoms with Crippen LogP contribution in [0.1, 0.15) is 15.9 Å². The molecule has 0 fully saturated rings. The summed E-state index contributed by atoms with van der Waals surface area (Å²) in [5.41, 5.74) is 1.67. The fraction of sp³-hybridized carbons (Fsp3) is 0.0625. The largest absolute Gasteiger partial charge is 0.294 e. The summed E-state index contributed by atoms with van der Waals surface area (Å²) in [6.07, 6.45) is 7.29. The molecule has 92 valence electrons. The third-order valence-corrected chi connectivity index (χ3v) is 3.07. The number of nitrogens with zero attached hydrogens (tertiary/aromatic N) is 2. The zero-order valence-electron chi connectivity index (χ0n) is 10.3. The van der Waals surface area contributed by atoms with Crippen molar-refractivity contribution in [1.82, 2.24) is 9.97 Å². The van der Waals surface area contributed by atoms with Crippen molar-refractivity contribution in [2.45, 2.75) is 6.42 Å². The SMILES string of the molecule is O=C(Cc1cccnc1)c1cccc2cnccc12. The van der Waals surface area contributed by atoms with Gasteiger partial charge < -0.3 is 0 Å². The lowest BCUT2D eigenvalue weighted by Crippen LogP contribution is -2.04. The molecule has 3 heteroatoms. The number of benzene rings is 1. The predicted molar refractivity (Wildman–Crippen MR) is 74.0 cm³/mol. The standard InChI is InChI=1S/C16H12N2O/c19-16(9-12-3-2-7-17-10-12)15-5-1-4-13-11-18-8-6-14(13)15/h1-8,10-11H,9H2. The number of fused-ring (bicyclic) bond motifs is 1. The predicted octanol–water partition coefficient (Wildman–Crippen LogP) is 3.06. The molecule has 0 radical (unpaired) electrons. The van der Waals surface area contributed by atoms with Crippen LogP contribution in [0.4, 0.5) is 0 Å². The van der Waals surface area contributed by atoms with Crippen LogP contribution in [0, 0.1) is 0 Å². The molecule has 3 rings (SSSR count). The van der Waals surface area contributed by atoms with Crippen molar-refractivity contribution in [3.05, 3.63) is 72.3 Å². The minimum absolute atomic E-state index is 0.102. The highest BCUT2D eigenvalue weighted by atomic mass is 16.1. The molecule has 19 heavy (non-hydrogen) atoms. The molecule has 0 atom stereocenters. The zero-order valence-corrected chi connectivity index (χ0v) is 10.3. The average Bonchev–Trinajstić information content (AvgIpc) is 2.47. The average molecular weight is 248 g/mol. The molecule has 0 bridgehead atoms. The number of ketones is 1. The smallest absolute Gasteiger partial charge is 0.167 e. The van der Waals surface area contributed by atoms with E-state index in [0.29, 0.717) is 6.42 Å². The first kappa shape index (κ1) is 11.5. The van der Waals surface area contributed by atoms with Gasteiger partial charge in [0, 0.05) is 42.2 Å². The van der Waals surface area contributed by atoms with Crippen LogP contribution in [0.15, 0.2) is 61.2 Å². The number of Topliss-reactive ketones (excluding diaryl/α,β-unsaturated/α-hetero) is 1. The van der Waals surface area contributed by atoms with Crippen LogP contribution < -0.4 is 0 Å². The summed E-state index contributed by atoms with van der Waals surface area (Å²) < 4.78 is 0. The first-order chi connectivity index (χ1) is 9.34. The second-order valence-corrected chi connectivity index (χ2v) is 4.36. The summed E-state index contributed by atoms with van der Waals surface area (Å²) in [5, 5.41) is 1.94. The van der Waals surface area contributed by atoms with Crippen LogP contribution in [0.2, 0.25) is 0 Å². The van der Waals surface area contributed by atoms with Gasteiger partial charge in [-0.15, -0.1) is 0 Å². The maximum Gasteiger partial charge on any atom is 0.167 e. The molecule has 0 unspecified atom stereocenters. The highest BCUT2D eigenvalue weighted by Crippen LogP contribution is 2.19. The first-order valence-corrected chi connectivity index (χ1v) is 6.09. The molecular weight excluding hydrogens is 236 g/mol. The normalized spacial score (nSPS) is 10.5. The molecule has 0 N–H and O–H groups in total. The third-order valence-electron chi connectivity index (χ3n) is 3.07. The Bertz CT molecular complexity index is 718. The van der Waals surface area contributed by atoms with Crippen molar-refractivity contribution in [1.29, 1.82) is 0 Å². The molecule has 1 aromatic carbocycles. The van der Waals surface area contributed by atoms with Crippen LogP contribution >= 0.6 is 0 Å². The van der Waals surface area contributed by atoms with Gasteiger partial charge in [-0.3, -0.25) is 14.8 Å². The van der Waals surface area contributed by atoms with Crippen LogP contribution in [-0.2, 0) is 6.42 Å². The van der Waals surface area contributed by atoms with Gasteiger partial charge in [0.15, 0.2) is 5.78 Å². The lowest BCUT2D eigenvalue weighted by Gasteiger charge is -2.05. The third kappa shape index (κ3) is 2.36. The number of hydrogen-bond acceptors (Lipinski definition) is 3. The summed E-state index contributed by atoms with van der Waals surface area (Å²) in [6, 6.07) is 11.4. The molecule has 0 saturated heterocycles. The maximum absolute atomic E-state index is 12.4. The maximum atomic E-state index is 12.4. The van der Waals surface area contributed by atoms with E-state index in [1.165, 1.54) is 0 Å². The van der Waals surface area contributed by atoms with Crippen molar-refractivity contribution >= 4 is 16.6 Å². The summed E-state index contributed by atoms with van der Waals surface area (Å²) in [7, 11) is 0. The van der Waals surface area contributed by atoms with Gasteiger partial charge in [-0.25, -0.2) is 0 Å². The quantitative estimate of drug-likeness (QED) is 0.669. The Labute approximate surface area is 111 Å². The van der Waals surface area contributed by atoms with Crippen molar-refractivity contribution in [2.24, 2.45) is 0 Å². The van der Waals surface area contributed by atoms with Gasteiger partial charge in [0.25, 0.3) is 0 Å². The highest BCUT2D eigenvalue weighted by Gasteiger charge is 2.10. The molecule has 3 nitrogen and oxygen atoms in total. The fourth-order valence-electron chi connectivity index (χ4n) is 2.15. The molecule has 0 saturated carbocycles. The second kappa shape index (κ2) is 4.98. The van der Waals surface area contributed by atoms with Crippen molar-refractivity contribution < 1.29 is 4.79 Å². The first-order valence-electron chi connectivity index (χ1n) is 6.09. The van der Waals surface area contributed by atoms with E-state index in [4.69, 9.17) is 0 Å². The summed E-state index contributed by atoms with van der Waals surface area (Å²) >= 11 is 0. The molecule has 2 heterocycles. The van der Waals surface area contributed by atoms with Gasteiger partial charge in [0.1, 0.15) is 0 Å². The highest BCUT2D eigenvalue weighted by molar-refractivity contribution is 6.08. The lowest BCUT2D eigenvalue weighted by atomic mass is 9.99. The van der Waals surface area contributed by atoms with Gasteiger partial charge in [-0.05, 0) is 23.1 Å². The van der Waals surface area contributed by atoms with E-state index in [1.54, 1.807) is 24.8 Å².